The van der Waals surface area contributed by atoms with Gasteiger partial charge in [0.05, 0.1) is 13.2 Å². The van der Waals surface area contributed by atoms with Crippen LogP contribution < -0.4 is 26.4 Å². The largest absolute Gasteiger partial charge is 0.465 e. The van der Waals surface area contributed by atoms with Crippen LogP contribution in [-0.2, 0) is 23.6 Å². The first-order valence-electron chi connectivity index (χ1n) is 11.9. The van der Waals surface area contributed by atoms with Crippen molar-refractivity contribution in [3.05, 3.63) is 17.0 Å². The van der Waals surface area contributed by atoms with Crippen LogP contribution in [0, 0.1) is 5.41 Å². The van der Waals surface area contributed by atoms with Gasteiger partial charge in [-0.25, -0.2) is 15.2 Å². The maximum absolute atomic E-state index is 14.5. The molecular weight excluding hydrogens is 519 g/mol. The van der Waals surface area contributed by atoms with Crippen LogP contribution in [0.15, 0.2) is 16.5 Å². The lowest BCUT2D eigenvalue weighted by atomic mass is 9.89. The van der Waals surface area contributed by atoms with Gasteiger partial charge < -0.3 is 13.9 Å². The SMILES string of the molecule is CCOC(=O)C(C)(C)NP(=O)(NC(C)(C)C(=O)OCC)c1ccc(-c2[nH+]c(N)sc2C(=O)C(C)(C)C)o1. The van der Waals surface area contributed by atoms with Gasteiger partial charge in [0.1, 0.15) is 16.0 Å². The third kappa shape index (κ3) is 7.07. The monoisotopic (exact) mass is 557 g/mol. The van der Waals surface area contributed by atoms with Gasteiger partial charge in [0.25, 0.3) is 7.44 Å². The summed E-state index contributed by atoms with van der Waals surface area (Å²) in [6.45, 7) is 15.0. The van der Waals surface area contributed by atoms with Crippen molar-refractivity contribution in [1.82, 2.24) is 10.2 Å². The molecular formula is C24H38N4O7PS+. The van der Waals surface area contributed by atoms with Crippen molar-refractivity contribution in [3.8, 4) is 11.5 Å². The number of esters is 2. The highest BCUT2D eigenvalue weighted by molar-refractivity contribution is 7.67. The number of hydrogen-bond acceptors (Lipinski definition) is 9. The van der Waals surface area contributed by atoms with Crippen LogP contribution in [0.4, 0.5) is 5.13 Å². The molecule has 0 aliphatic heterocycles. The topological polar surface area (TPSA) is 164 Å². The maximum atomic E-state index is 14.5. The summed E-state index contributed by atoms with van der Waals surface area (Å²) in [6.07, 6.45) is 0. The van der Waals surface area contributed by atoms with Crippen LogP contribution in [0.2, 0.25) is 0 Å². The van der Waals surface area contributed by atoms with Crippen LogP contribution in [0.25, 0.3) is 11.5 Å². The summed E-state index contributed by atoms with van der Waals surface area (Å²) in [6, 6.07) is 2.99. The van der Waals surface area contributed by atoms with Crippen LogP contribution in [0.1, 0.15) is 72.0 Å². The van der Waals surface area contributed by atoms with Crippen LogP contribution >= 0.6 is 18.8 Å². The van der Waals surface area contributed by atoms with E-state index in [1.54, 1.807) is 34.6 Å². The highest BCUT2D eigenvalue weighted by Gasteiger charge is 2.45. The van der Waals surface area contributed by atoms with E-state index in [1.165, 1.54) is 39.8 Å². The molecule has 0 saturated carbocycles. The average Bonchev–Trinajstić information content (AvgIpc) is 3.39. The fourth-order valence-corrected chi connectivity index (χ4v) is 6.88. The summed E-state index contributed by atoms with van der Waals surface area (Å²) in [5.41, 5.74) is 2.69. The first-order valence-corrected chi connectivity index (χ1v) is 14.4. The predicted octanol–water partition coefficient (Wildman–Crippen LogP) is 3.31. The van der Waals surface area contributed by atoms with Crippen LogP contribution in [0.3, 0.4) is 0 Å². The molecule has 206 valence electrons. The van der Waals surface area contributed by atoms with Crippen LogP contribution in [0.5, 0.6) is 0 Å². The van der Waals surface area contributed by atoms with Crippen molar-refractivity contribution in [2.24, 2.45) is 5.41 Å². The smallest absolute Gasteiger partial charge is 0.330 e. The molecule has 2 aromatic heterocycles. The number of carbonyl (C=O) groups excluding carboxylic acids is 3. The number of thiazole rings is 1. The molecule has 0 saturated heterocycles. The Hall–Kier alpha value is -2.53. The van der Waals surface area contributed by atoms with E-state index in [4.69, 9.17) is 19.6 Å². The zero-order chi connectivity index (χ0) is 28.4. The molecule has 0 atom stereocenters. The molecule has 0 aliphatic carbocycles. The predicted molar refractivity (Wildman–Crippen MR) is 142 cm³/mol. The number of carbonyl (C=O) groups is 3. The molecule has 5 N–H and O–H groups in total. The number of anilines is 1. The zero-order valence-corrected chi connectivity index (χ0v) is 24.6. The fraction of sp³-hybridized carbons (Fsp3) is 0.583. The molecule has 0 radical (unpaired) electrons. The highest BCUT2D eigenvalue weighted by atomic mass is 32.1. The van der Waals surface area contributed by atoms with E-state index in [1.807, 2.05) is 0 Å². The molecule has 0 unspecified atom stereocenters. The number of ether oxygens (including phenoxy) is 2. The number of hydrogen-bond donors (Lipinski definition) is 3. The second-order valence-electron chi connectivity index (χ2n) is 10.5. The second-order valence-corrected chi connectivity index (χ2v) is 13.7. The molecule has 37 heavy (non-hydrogen) atoms. The first kappa shape index (κ1) is 30.7. The van der Waals surface area contributed by atoms with Crippen molar-refractivity contribution >= 4 is 47.1 Å². The standard InChI is InChI=1S/C24H37N4O7PS/c1-10-33-19(30)23(6,7)27-36(32,28-24(8,9)20(31)34-11-2)15-13-12-14(35-15)16-17(37-21(25)26-16)18(29)22(3,4)5/h12-13H,10-11H2,1-9H3,(H2,25,26)(H2,27,28,32)/p+1. The van der Waals surface area contributed by atoms with Gasteiger partial charge in [0.15, 0.2) is 22.7 Å². The lowest BCUT2D eigenvalue weighted by Gasteiger charge is -2.34. The molecule has 13 heteroatoms. The van der Waals surface area contributed by atoms with E-state index in [0.29, 0.717) is 15.7 Å². The van der Waals surface area contributed by atoms with E-state index in [9.17, 15) is 18.9 Å². The van der Waals surface area contributed by atoms with Gasteiger partial charge in [-0.15, -0.1) is 0 Å². The van der Waals surface area contributed by atoms with Gasteiger partial charge in [-0.1, -0.05) is 20.8 Å². The normalized spacial score (nSPS) is 12.9. The third-order valence-corrected chi connectivity index (χ3v) is 8.69. The molecule has 0 aromatic carbocycles. The Bertz CT molecular complexity index is 1170. The number of furan rings is 1. The summed E-state index contributed by atoms with van der Waals surface area (Å²) in [5.74, 6) is -1.23. The molecule has 2 heterocycles. The molecule has 0 spiro atoms. The van der Waals surface area contributed by atoms with Gasteiger partial charge in [-0.05, 0) is 65.0 Å². The Kier molecular flexibility index (Phi) is 9.18. The van der Waals surface area contributed by atoms with Crippen molar-refractivity contribution in [3.63, 3.8) is 0 Å². The van der Waals surface area contributed by atoms with E-state index < -0.39 is 35.9 Å². The van der Waals surface area contributed by atoms with Crippen molar-refractivity contribution in [1.29, 1.82) is 0 Å². The Morgan fingerprint density at radius 3 is 1.89 bits per heavy atom. The number of nitrogen functional groups attached to an aromatic ring is 1. The summed E-state index contributed by atoms with van der Waals surface area (Å²) in [4.78, 5) is 41.6. The molecule has 2 rings (SSSR count). The first-order chi connectivity index (χ1) is 16.9. The minimum atomic E-state index is -4.03. The summed E-state index contributed by atoms with van der Waals surface area (Å²) in [5, 5.41) is 5.95. The maximum Gasteiger partial charge on any atom is 0.330 e. The molecule has 0 amide bonds. The summed E-state index contributed by atoms with van der Waals surface area (Å²) in [7, 11) is -4.03. The quantitative estimate of drug-likeness (QED) is 0.212. The fourth-order valence-electron chi connectivity index (χ4n) is 3.31. The highest BCUT2D eigenvalue weighted by Crippen LogP contribution is 2.43. The number of Topliss-reactive ketones (excluding diaryl/α,β-unsaturated/α-hetero) is 1. The molecule has 0 fully saturated rings. The van der Waals surface area contributed by atoms with Gasteiger partial charge in [0.2, 0.25) is 0 Å². The number of aromatic nitrogens is 1. The second kappa shape index (κ2) is 11.1. The Morgan fingerprint density at radius 1 is 0.973 bits per heavy atom. The molecule has 2 aromatic rings. The van der Waals surface area contributed by atoms with Gasteiger partial charge in [0, 0.05) is 5.41 Å². The van der Waals surface area contributed by atoms with E-state index in [2.05, 4.69) is 15.2 Å². The van der Waals surface area contributed by atoms with Crippen molar-refractivity contribution in [2.75, 3.05) is 18.9 Å². The van der Waals surface area contributed by atoms with Gasteiger partial charge in [-0.3, -0.25) is 24.7 Å². The summed E-state index contributed by atoms with van der Waals surface area (Å²) >= 11 is 1.09. The zero-order valence-electron chi connectivity index (χ0n) is 22.9. The van der Waals surface area contributed by atoms with Crippen LogP contribution in [-0.4, -0.2) is 42.0 Å². The number of H-pyrrole nitrogens is 1. The lowest BCUT2D eigenvalue weighted by Crippen LogP contribution is -2.55. The molecule has 0 bridgehead atoms. The molecule has 0 aliphatic rings. The Balaban J connectivity index is 2.61. The minimum absolute atomic E-state index is 0.0791. The van der Waals surface area contributed by atoms with Gasteiger partial charge in [-0.2, -0.15) is 0 Å². The minimum Gasteiger partial charge on any atom is -0.465 e. The van der Waals surface area contributed by atoms with E-state index in [-0.39, 0.29) is 30.3 Å². The number of rotatable bonds is 11. The number of ketones is 1. The Labute approximate surface area is 221 Å². The average molecular weight is 558 g/mol. The lowest BCUT2D eigenvalue weighted by molar-refractivity contribution is -0.341. The van der Waals surface area contributed by atoms with Crippen molar-refractivity contribution < 1.29 is 37.8 Å². The van der Waals surface area contributed by atoms with E-state index in [0.717, 1.165) is 11.3 Å². The number of nitrogens with one attached hydrogen (secondary N) is 3. The summed E-state index contributed by atoms with van der Waals surface area (Å²) < 4.78 is 30.7. The Morgan fingerprint density at radius 2 is 1.46 bits per heavy atom. The molecule has 11 nitrogen and oxygen atoms in total. The number of aromatic amines is 1. The number of nitrogens with two attached hydrogens (primary N) is 1. The third-order valence-electron chi connectivity index (χ3n) is 5.17. The van der Waals surface area contributed by atoms with Gasteiger partial charge >= 0.3 is 17.1 Å². The van der Waals surface area contributed by atoms with Crippen molar-refractivity contribution in [2.45, 2.75) is 73.4 Å². The van der Waals surface area contributed by atoms with E-state index >= 15 is 0 Å².